The first-order valence-electron chi connectivity index (χ1n) is 8.10. The number of carbonyl (C=O) groups excluding carboxylic acids is 1. The van der Waals surface area contributed by atoms with Gasteiger partial charge in [-0.3, -0.25) is 14.4 Å². The maximum absolute atomic E-state index is 13.1. The Bertz CT molecular complexity index is 1000. The van der Waals surface area contributed by atoms with E-state index in [4.69, 9.17) is 0 Å². The SMILES string of the molecule is CCN(c1cc(C(=O)OC)ccc1C)S(=O)(=O)c1ccc(C)c([N+](=O)[O-])c1. The number of ether oxygens (including phenoxy) is 1. The van der Waals surface area contributed by atoms with Crippen molar-refractivity contribution in [3.05, 3.63) is 63.2 Å². The molecule has 2 aromatic rings. The normalized spacial score (nSPS) is 11.1. The lowest BCUT2D eigenvalue weighted by molar-refractivity contribution is -0.385. The maximum Gasteiger partial charge on any atom is 0.337 e. The highest BCUT2D eigenvalue weighted by Gasteiger charge is 2.28. The number of hydrogen-bond donors (Lipinski definition) is 0. The van der Waals surface area contributed by atoms with Gasteiger partial charge in [-0.15, -0.1) is 0 Å². The van der Waals surface area contributed by atoms with E-state index in [1.807, 2.05) is 0 Å². The summed E-state index contributed by atoms with van der Waals surface area (Å²) in [7, 11) is -2.83. The third kappa shape index (κ3) is 3.92. The fraction of sp³-hybridized carbons (Fsp3) is 0.278. The van der Waals surface area contributed by atoms with E-state index in [1.165, 1.54) is 32.2 Å². The standard InChI is InChI=1S/C18H20N2O6S/c1-5-19(16-10-14(18(21)26-4)8-6-12(16)2)27(24,25)15-9-7-13(3)17(11-15)20(22)23/h6-11H,5H2,1-4H3. The molecule has 144 valence electrons. The molecule has 27 heavy (non-hydrogen) atoms. The van der Waals surface area contributed by atoms with Crippen LogP contribution in [0.1, 0.15) is 28.4 Å². The molecule has 0 heterocycles. The van der Waals surface area contributed by atoms with E-state index in [0.717, 1.165) is 10.4 Å². The second-order valence-corrected chi connectivity index (χ2v) is 7.73. The molecular formula is C18H20N2O6S. The molecule has 9 heteroatoms. The molecule has 0 unspecified atom stereocenters. The summed E-state index contributed by atoms with van der Waals surface area (Å²) in [5.74, 6) is -0.587. The van der Waals surface area contributed by atoms with Crippen LogP contribution < -0.4 is 4.31 Å². The zero-order valence-corrected chi connectivity index (χ0v) is 16.2. The summed E-state index contributed by atoms with van der Waals surface area (Å²) in [5.41, 5.74) is 1.25. The van der Waals surface area contributed by atoms with Crippen LogP contribution >= 0.6 is 0 Å². The third-order valence-corrected chi connectivity index (χ3v) is 6.04. The lowest BCUT2D eigenvalue weighted by atomic mass is 10.1. The predicted molar refractivity (Wildman–Crippen MR) is 101 cm³/mol. The van der Waals surface area contributed by atoms with Crippen LogP contribution in [0.15, 0.2) is 41.3 Å². The van der Waals surface area contributed by atoms with Crippen molar-refractivity contribution in [2.75, 3.05) is 18.0 Å². The number of anilines is 1. The summed E-state index contributed by atoms with van der Waals surface area (Å²) in [4.78, 5) is 22.2. The van der Waals surface area contributed by atoms with Gasteiger partial charge >= 0.3 is 5.97 Å². The highest BCUT2D eigenvalue weighted by molar-refractivity contribution is 7.92. The van der Waals surface area contributed by atoms with Crippen LogP contribution in [0.2, 0.25) is 0 Å². The second kappa shape index (κ2) is 7.75. The molecule has 8 nitrogen and oxygen atoms in total. The predicted octanol–water partition coefficient (Wildman–Crippen LogP) is 3.21. The molecule has 0 saturated carbocycles. The molecule has 0 aromatic heterocycles. The van der Waals surface area contributed by atoms with Gasteiger partial charge in [-0.25, -0.2) is 13.2 Å². The highest BCUT2D eigenvalue weighted by atomic mass is 32.2. The average molecular weight is 392 g/mol. The summed E-state index contributed by atoms with van der Waals surface area (Å²) < 4.78 is 32.1. The molecule has 0 fully saturated rings. The minimum Gasteiger partial charge on any atom is -0.465 e. The molecule has 2 aromatic carbocycles. The minimum absolute atomic E-state index is 0.0788. The number of methoxy groups -OCH3 is 1. The summed E-state index contributed by atoms with van der Waals surface area (Å²) in [5, 5.41) is 11.2. The van der Waals surface area contributed by atoms with Crippen LogP contribution in [0.3, 0.4) is 0 Å². The number of nitro groups is 1. The van der Waals surface area contributed by atoms with Crippen LogP contribution in [-0.4, -0.2) is 33.0 Å². The van der Waals surface area contributed by atoms with Crippen molar-refractivity contribution in [2.45, 2.75) is 25.7 Å². The number of esters is 1. The van der Waals surface area contributed by atoms with Crippen molar-refractivity contribution in [2.24, 2.45) is 0 Å². The zero-order valence-electron chi connectivity index (χ0n) is 15.4. The monoisotopic (exact) mass is 392 g/mol. The third-order valence-electron chi connectivity index (χ3n) is 4.15. The van der Waals surface area contributed by atoms with Crippen LogP contribution in [0.4, 0.5) is 11.4 Å². The Morgan fingerprint density at radius 1 is 1.15 bits per heavy atom. The van der Waals surface area contributed by atoms with Gasteiger partial charge in [0.15, 0.2) is 0 Å². The number of carbonyl (C=O) groups is 1. The number of sulfonamides is 1. The first-order valence-corrected chi connectivity index (χ1v) is 9.54. The maximum atomic E-state index is 13.1. The van der Waals surface area contributed by atoms with Gasteiger partial charge < -0.3 is 4.74 Å². The molecule has 0 aliphatic rings. The quantitative estimate of drug-likeness (QED) is 0.424. The first kappa shape index (κ1) is 20.4. The van der Waals surface area contributed by atoms with Gasteiger partial charge in [0.1, 0.15) is 0 Å². The molecule has 0 amide bonds. The Morgan fingerprint density at radius 3 is 2.33 bits per heavy atom. The van der Waals surface area contributed by atoms with Gasteiger partial charge in [-0.1, -0.05) is 12.1 Å². The lowest BCUT2D eigenvalue weighted by Crippen LogP contribution is -2.31. The molecule has 0 saturated heterocycles. The fourth-order valence-corrected chi connectivity index (χ4v) is 4.22. The topological polar surface area (TPSA) is 107 Å². The molecule has 0 aliphatic carbocycles. The molecule has 0 spiro atoms. The Labute approximate surface area is 157 Å². The average Bonchev–Trinajstić information content (AvgIpc) is 2.62. The Kier molecular flexibility index (Phi) is 5.85. The Hall–Kier alpha value is -2.94. The molecule has 0 atom stereocenters. The van der Waals surface area contributed by atoms with Gasteiger partial charge in [0.2, 0.25) is 0 Å². The van der Waals surface area contributed by atoms with E-state index in [1.54, 1.807) is 26.0 Å². The number of hydrogen-bond acceptors (Lipinski definition) is 6. The van der Waals surface area contributed by atoms with E-state index in [-0.39, 0.29) is 22.7 Å². The van der Waals surface area contributed by atoms with Crippen LogP contribution in [0.25, 0.3) is 0 Å². The van der Waals surface area contributed by atoms with Crippen molar-refractivity contribution in [3.8, 4) is 0 Å². The van der Waals surface area contributed by atoms with Crippen molar-refractivity contribution in [1.29, 1.82) is 0 Å². The van der Waals surface area contributed by atoms with Crippen molar-refractivity contribution >= 4 is 27.4 Å². The smallest absolute Gasteiger partial charge is 0.337 e. The molecular weight excluding hydrogens is 372 g/mol. The largest absolute Gasteiger partial charge is 0.465 e. The lowest BCUT2D eigenvalue weighted by Gasteiger charge is -2.25. The van der Waals surface area contributed by atoms with E-state index in [9.17, 15) is 23.3 Å². The molecule has 0 bridgehead atoms. The van der Waals surface area contributed by atoms with E-state index in [2.05, 4.69) is 4.74 Å². The summed E-state index contributed by atoms with van der Waals surface area (Å²) >= 11 is 0. The minimum atomic E-state index is -4.07. The molecule has 0 aliphatic heterocycles. The Balaban J connectivity index is 2.62. The first-order chi connectivity index (χ1) is 12.6. The van der Waals surface area contributed by atoms with E-state index in [0.29, 0.717) is 16.8 Å². The molecule has 0 N–H and O–H groups in total. The van der Waals surface area contributed by atoms with Crippen molar-refractivity contribution in [1.82, 2.24) is 0 Å². The highest BCUT2D eigenvalue weighted by Crippen LogP contribution is 2.30. The van der Waals surface area contributed by atoms with Gasteiger partial charge in [0.25, 0.3) is 15.7 Å². The van der Waals surface area contributed by atoms with Crippen molar-refractivity contribution in [3.63, 3.8) is 0 Å². The fourth-order valence-electron chi connectivity index (χ4n) is 2.67. The summed E-state index contributed by atoms with van der Waals surface area (Å²) in [6, 6.07) is 8.38. The van der Waals surface area contributed by atoms with E-state index < -0.39 is 20.9 Å². The second-order valence-electron chi connectivity index (χ2n) is 5.87. The van der Waals surface area contributed by atoms with Gasteiger partial charge in [-0.05, 0) is 44.5 Å². The number of nitrogens with zero attached hydrogens (tertiary/aromatic N) is 2. The molecule has 0 radical (unpaired) electrons. The number of rotatable bonds is 6. The number of nitro benzene ring substituents is 1. The summed E-state index contributed by atoms with van der Waals surface area (Å²) in [6.45, 7) is 4.97. The van der Waals surface area contributed by atoms with E-state index >= 15 is 0 Å². The van der Waals surface area contributed by atoms with Crippen molar-refractivity contribution < 1.29 is 22.9 Å². The number of benzene rings is 2. The number of aryl methyl sites for hydroxylation is 2. The van der Waals surface area contributed by atoms with Gasteiger partial charge in [0.05, 0.1) is 28.2 Å². The van der Waals surface area contributed by atoms with Crippen LogP contribution in [-0.2, 0) is 14.8 Å². The van der Waals surface area contributed by atoms with Gasteiger partial charge in [-0.2, -0.15) is 0 Å². The zero-order chi connectivity index (χ0) is 20.4. The van der Waals surface area contributed by atoms with Crippen LogP contribution in [0, 0.1) is 24.0 Å². The van der Waals surface area contributed by atoms with Gasteiger partial charge in [0, 0.05) is 18.2 Å². The Morgan fingerprint density at radius 2 is 1.78 bits per heavy atom. The molecule has 2 rings (SSSR count). The summed E-state index contributed by atoms with van der Waals surface area (Å²) in [6.07, 6.45) is 0. The van der Waals surface area contributed by atoms with Crippen LogP contribution in [0.5, 0.6) is 0 Å².